The fourth-order valence-electron chi connectivity index (χ4n) is 1.52. The zero-order valence-electron chi connectivity index (χ0n) is 12.3. The van der Waals surface area contributed by atoms with E-state index in [1.807, 2.05) is 20.8 Å². The fraction of sp³-hybridized carbons (Fsp3) is 0.769. The molecule has 0 aliphatic rings. The molecule has 0 aromatic rings. The molecular formula is C13H24N2O4. The van der Waals surface area contributed by atoms with E-state index in [1.54, 1.807) is 0 Å². The monoisotopic (exact) mass is 272 g/mol. The van der Waals surface area contributed by atoms with Crippen molar-refractivity contribution in [1.82, 2.24) is 10.2 Å². The van der Waals surface area contributed by atoms with E-state index in [4.69, 9.17) is 5.11 Å². The molecule has 0 heterocycles. The molecule has 0 saturated carbocycles. The molecule has 0 fully saturated rings. The molecule has 19 heavy (non-hydrogen) atoms. The normalized spacial score (nSPS) is 11.3. The SMILES string of the molecule is CCN(CC(C)C)C(=O)NC(=O)CC(C)(C)C(=O)O. The molecule has 110 valence electrons. The van der Waals surface area contributed by atoms with Crippen LogP contribution < -0.4 is 5.32 Å². The first-order chi connectivity index (χ1) is 8.60. The van der Waals surface area contributed by atoms with Crippen molar-refractivity contribution >= 4 is 17.9 Å². The lowest BCUT2D eigenvalue weighted by Crippen LogP contribution is -2.45. The average Bonchev–Trinajstić information content (AvgIpc) is 2.23. The van der Waals surface area contributed by atoms with Crippen LogP contribution in [0.15, 0.2) is 0 Å². The van der Waals surface area contributed by atoms with Gasteiger partial charge in [0.2, 0.25) is 5.91 Å². The Labute approximate surface area is 114 Å². The molecular weight excluding hydrogens is 248 g/mol. The van der Waals surface area contributed by atoms with Crippen molar-refractivity contribution in [3.8, 4) is 0 Å². The van der Waals surface area contributed by atoms with Crippen LogP contribution in [0.25, 0.3) is 0 Å². The van der Waals surface area contributed by atoms with Gasteiger partial charge in [0, 0.05) is 19.5 Å². The Morgan fingerprint density at radius 2 is 1.79 bits per heavy atom. The van der Waals surface area contributed by atoms with E-state index in [2.05, 4.69) is 5.32 Å². The Morgan fingerprint density at radius 1 is 1.26 bits per heavy atom. The van der Waals surface area contributed by atoms with Gasteiger partial charge in [0.25, 0.3) is 0 Å². The number of carbonyl (C=O) groups excluding carboxylic acids is 2. The van der Waals surface area contributed by atoms with E-state index in [1.165, 1.54) is 18.7 Å². The highest BCUT2D eigenvalue weighted by Gasteiger charge is 2.31. The molecule has 0 aromatic heterocycles. The second-order valence-corrected chi connectivity index (χ2v) is 5.65. The molecule has 0 aliphatic heterocycles. The standard InChI is InChI=1S/C13H24N2O4/c1-6-15(8-9(2)3)12(19)14-10(16)7-13(4,5)11(17)18/h9H,6-8H2,1-5H3,(H,17,18)(H,14,16,19). The fourth-order valence-corrected chi connectivity index (χ4v) is 1.52. The topological polar surface area (TPSA) is 86.7 Å². The Balaban J connectivity index is 4.47. The Bertz CT molecular complexity index is 351. The molecule has 0 rings (SSSR count). The third kappa shape index (κ3) is 6.22. The summed E-state index contributed by atoms with van der Waals surface area (Å²) in [6.45, 7) is 9.73. The number of urea groups is 1. The van der Waals surface area contributed by atoms with Crippen LogP contribution in [0, 0.1) is 11.3 Å². The van der Waals surface area contributed by atoms with Crippen molar-refractivity contribution in [2.75, 3.05) is 13.1 Å². The van der Waals surface area contributed by atoms with Gasteiger partial charge in [-0.05, 0) is 26.7 Å². The number of carboxylic acids is 1. The van der Waals surface area contributed by atoms with Crippen molar-refractivity contribution in [3.05, 3.63) is 0 Å². The van der Waals surface area contributed by atoms with Crippen LogP contribution in [-0.2, 0) is 9.59 Å². The molecule has 3 amide bonds. The van der Waals surface area contributed by atoms with Crippen LogP contribution in [0.1, 0.15) is 41.0 Å². The Morgan fingerprint density at radius 3 is 2.16 bits per heavy atom. The predicted molar refractivity (Wildman–Crippen MR) is 71.7 cm³/mol. The van der Waals surface area contributed by atoms with Gasteiger partial charge in [-0.3, -0.25) is 14.9 Å². The smallest absolute Gasteiger partial charge is 0.324 e. The lowest BCUT2D eigenvalue weighted by Gasteiger charge is -2.24. The van der Waals surface area contributed by atoms with Crippen molar-refractivity contribution in [3.63, 3.8) is 0 Å². The van der Waals surface area contributed by atoms with E-state index in [-0.39, 0.29) is 6.42 Å². The number of aliphatic carboxylic acids is 1. The molecule has 0 aliphatic carbocycles. The first-order valence-corrected chi connectivity index (χ1v) is 6.42. The lowest BCUT2D eigenvalue weighted by molar-refractivity contribution is -0.149. The van der Waals surface area contributed by atoms with Gasteiger partial charge in [-0.25, -0.2) is 4.79 Å². The van der Waals surface area contributed by atoms with Gasteiger partial charge in [0.05, 0.1) is 5.41 Å². The first kappa shape index (κ1) is 17.4. The largest absolute Gasteiger partial charge is 0.481 e. The predicted octanol–water partition coefficient (Wildman–Crippen LogP) is 1.70. The summed E-state index contributed by atoms with van der Waals surface area (Å²) < 4.78 is 0. The van der Waals surface area contributed by atoms with Crippen molar-refractivity contribution in [2.24, 2.45) is 11.3 Å². The molecule has 0 unspecified atom stereocenters. The second kappa shape index (κ2) is 7.11. The highest BCUT2D eigenvalue weighted by atomic mass is 16.4. The maximum atomic E-state index is 11.8. The number of carboxylic acid groups (broad SMARTS) is 1. The number of hydrogen-bond donors (Lipinski definition) is 2. The summed E-state index contributed by atoms with van der Waals surface area (Å²) in [5.41, 5.74) is -1.18. The quantitative estimate of drug-likeness (QED) is 0.770. The van der Waals surface area contributed by atoms with Crippen molar-refractivity contribution in [1.29, 1.82) is 0 Å². The van der Waals surface area contributed by atoms with Gasteiger partial charge < -0.3 is 10.0 Å². The number of imide groups is 1. The van der Waals surface area contributed by atoms with Gasteiger partial charge >= 0.3 is 12.0 Å². The van der Waals surface area contributed by atoms with Crippen LogP contribution >= 0.6 is 0 Å². The molecule has 2 N–H and O–H groups in total. The molecule has 0 atom stereocenters. The Kier molecular flexibility index (Phi) is 6.52. The minimum absolute atomic E-state index is 0.229. The molecule has 0 spiro atoms. The van der Waals surface area contributed by atoms with Crippen molar-refractivity contribution < 1.29 is 19.5 Å². The minimum Gasteiger partial charge on any atom is -0.481 e. The molecule has 0 radical (unpaired) electrons. The number of nitrogens with one attached hydrogen (secondary N) is 1. The van der Waals surface area contributed by atoms with E-state index in [9.17, 15) is 14.4 Å². The number of nitrogens with zero attached hydrogens (tertiary/aromatic N) is 1. The summed E-state index contributed by atoms with van der Waals surface area (Å²) in [7, 11) is 0. The highest BCUT2D eigenvalue weighted by molar-refractivity contribution is 5.96. The number of carbonyl (C=O) groups is 3. The van der Waals surface area contributed by atoms with Gasteiger partial charge in [-0.1, -0.05) is 13.8 Å². The molecule has 6 heteroatoms. The summed E-state index contributed by atoms with van der Waals surface area (Å²) in [6, 6.07) is -0.470. The first-order valence-electron chi connectivity index (χ1n) is 6.42. The lowest BCUT2D eigenvalue weighted by atomic mass is 9.89. The number of rotatable bonds is 6. The zero-order chi connectivity index (χ0) is 15.2. The van der Waals surface area contributed by atoms with Crippen LogP contribution in [-0.4, -0.2) is 41.0 Å². The Hall–Kier alpha value is -1.59. The van der Waals surface area contributed by atoms with Gasteiger partial charge in [0.1, 0.15) is 0 Å². The van der Waals surface area contributed by atoms with Gasteiger partial charge in [-0.2, -0.15) is 0 Å². The third-order valence-corrected chi connectivity index (χ3v) is 2.68. The van der Waals surface area contributed by atoms with Crippen LogP contribution in [0.2, 0.25) is 0 Å². The molecule has 0 aromatic carbocycles. The summed E-state index contributed by atoms with van der Waals surface area (Å²) in [5, 5.41) is 11.2. The van der Waals surface area contributed by atoms with E-state index in [0.29, 0.717) is 19.0 Å². The number of hydrogen-bond acceptors (Lipinski definition) is 3. The van der Waals surface area contributed by atoms with Gasteiger partial charge in [0.15, 0.2) is 0 Å². The summed E-state index contributed by atoms with van der Waals surface area (Å²) in [5.74, 6) is -1.33. The van der Waals surface area contributed by atoms with Gasteiger partial charge in [-0.15, -0.1) is 0 Å². The van der Waals surface area contributed by atoms with Crippen LogP contribution in [0.5, 0.6) is 0 Å². The molecule has 6 nitrogen and oxygen atoms in total. The maximum Gasteiger partial charge on any atom is 0.324 e. The highest BCUT2D eigenvalue weighted by Crippen LogP contribution is 2.20. The summed E-state index contributed by atoms with van der Waals surface area (Å²) in [4.78, 5) is 35.9. The zero-order valence-corrected chi connectivity index (χ0v) is 12.3. The second-order valence-electron chi connectivity index (χ2n) is 5.65. The molecule has 0 bridgehead atoms. The van der Waals surface area contributed by atoms with Crippen LogP contribution in [0.4, 0.5) is 4.79 Å². The van der Waals surface area contributed by atoms with E-state index in [0.717, 1.165) is 0 Å². The summed E-state index contributed by atoms with van der Waals surface area (Å²) in [6.07, 6.45) is -0.229. The van der Waals surface area contributed by atoms with E-state index < -0.39 is 23.3 Å². The summed E-state index contributed by atoms with van der Waals surface area (Å²) >= 11 is 0. The number of amides is 3. The van der Waals surface area contributed by atoms with Crippen molar-refractivity contribution in [2.45, 2.75) is 41.0 Å². The minimum atomic E-state index is -1.18. The average molecular weight is 272 g/mol. The third-order valence-electron chi connectivity index (χ3n) is 2.68. The maximum absolute atomic E-state index is 11.8. The van der Waals surface area contributed by atoms with E-state index >= 15 is 0 Å². The molecule has 0 saturated heterocycles. The van der Waals surface area contributed by atoms with Crippen LogP contribution in [0.3, 0.4) is 0 Å².